The number of aliphatic hydroxyl groups excluding tert-OH is 1. The number of nitrogens with one attached hydrogen (secondary N) is 1. The topological polar surface area (TPSA) is 55.8 Å². The van der Waals surface area contributed by atoms with E-state index in [0.29, 0.717) is 6.04 Å². The number of amides is 2. The molecule has 0 aromatic rings. The quantitative estimate of drug-likeness (QED) is 0.664. The molecule has 2 aliphatic rings. The minimum atomic E-state index is 0.0533. The van der Waals surface area contributed by atoms with Crippen LogP contribution in [0.4, 0.5) is 4.79 Å². The van der Waals surface area contributed by atoms with Crippen LogP contribution in [0.25, 0.3) is 0 Å². The molecule has 1 aliphatic heterocycles. The minimum Gasteiger partial charge on any atom is -0.395 e. The first-order valence-corrected chi connectivity index (χ1v) is 6.19. The van der Waals surface area contributed by atoms with Crippen molar-refractivity contribution in [3.8, 4) is 0 Å². The molecule has 1 saturated heterocycles. The van der Waals surface area contributed by atoms with Crippen LogP contribution in [0, 0.1) is 0 Å². The van der Waals surface area contributed by atoms with E-state index in [0.717, 1.165) is 32.7 Å². The molecule has 0 atom stereocenters. The van der Waals surface area contributed by atoms with E-state index in [-0.39, 0.29) is 12.6 Å². The van der Waals surface area contributed by atoms with Crippen molar-refractivity contribution in [3.63, 3.8) is 0 Å². The molecule has 2 fully saturated rings. The van der Waals surface area contributed by atoms with Gasteiger partial charge in [0.2, 0.25) is 0 Å². The molecule has 1 saturated carbocycles. The summed E-state index contributed by atoms with van der Waals surface area (Å²) in [7, 11) is 0. The summed E-state index contributed by atoms with van der Waals surface area (Å²) in [6.07, 6.45) is 3.79. The number of hydrogen-bond donors (Lipinski definition) is 2. The van der Waals surface area contributed by atoms with Crippen molar-refractivity contribution < 1.29 is 9.90 Å². The molecular formula is C11H21N3O2. The second-order valence-electron chi connectivity index (χ2n) is 4.56. The van der Waals surface area contributed by atoms with Gasteiger partial charge in [-0.1, -0.05) is 6.42 Å². The maximum Gasteiger partial charge on any atom is 0.317 e. The highest BCUT2D eigenvalue weighted by Gasteiger charge is 2.26. The number of carbonyl (C=O) groups is 1. The van der Waals surface area contributed by atoms with Gasteiger partial charge in [-0.05, 0) is 12.8 Å². The van der Waals surface area contributed by atoms with Crippen molar-refractivity contribution in [1.82, 2.24) is 15.1 Å². The Morgan fingerprint density at radius 2 is 2.25 bits per heavy atom. The number of nitrogens with zero attached hydrogens (tertiary/aromatic N) is 2. The minimum absolute atomic E-state index is 0.0533. The third-order valence-electron chi connectivity index (χ3n) is 3.58. The average molecular weight is 227 g/mol. The molecule has 2 N–H and O–H groups in total. The monoisotopic (exact) mass is 227 g/mol. The van der Waals surface area contributed by atoms with Crippen LogP contribution in [0.1, 0.15) is 19.3 Å². The predicted molar refractivity (Wildman–Crippen MR) is 61.3 cm³/mol. The molecule has 5 nitrogen and oxygen atoms in total. The van der Waals surface area contributed by atoms with Crippen LogP contribution in [0.5, 0.6) is 0 Å². The highest BCUT2D eigenvalue weighted by atomic mass is 16.3. The van der Waals surface area contributed by atoms with E-state index in [1.807, 2.05) is 4.90 Å². The van der Waals surface area contributed by atoms with Crippen LogP contribution in [-0.2, 0) is 0 Å². The fraction of sp³-hybridized carbons (Fsp3) is 0.909. The third kappa shape index (κ3) is 2.65. The Balaban J connectivity index is 1.74. The zero-order valence-electron chi connectivity index (χ0n) is 9.69. The Bertz CT molecular complexity index is 243. The standard InChI is InChI=1S/C11H21N3O2/c15-9-8-13(10-2-1-3-10)6-7-14-5-4-12-11(14)16/h10,15H,1-9H2,(H,12,16). The number of hydrogen-bond acceptors (Lipinski definition) is 3. The van der Waals surface area contributed by atoms with Crippen molar-refractivity contribution in [1.29, 1.82) is 0 Å². The maximum absolute atomic E-state index is 11.3. The van der Waals surface area contributed by atoms with Gasteiger partial charge in [-0.3, -0.25) is 4.90 Å². The van der Waals surface area contributed by atoms with Crippen LogP contribution >= 0.6 is 0 Å². The van der Waals surface area contributed by atoms with Crippen molar-refractivity contribution >= 4 is 6.03 Å². The summed E-state index contributed by atoms with van der Waals surface area (Å²) in [4.78, 5) is 15.5. The second kappa shape index (κ2) is 5.50. The fourth-order valence-corrected chi connectivity index (χ4v) is 2.33. The fourth-order valence-electron chi connectivity index (χ4n) is 2.33. The van der Waals surface area contributed by atoms with E-state index < -0.39 is 0 Å². The van der Waals surface area contributed by atoms with Crippen molar-refractivity contribution in [2.75, 3.05) is 39.3 Å². The highest BCUT2D eigenvalue weighted by molar-refractivity contribution is 5.76. The van der Waals surface area contributed by atoms with Crippen LogP contribution in [0.3, 0.4) is 0 Å². The second-order valence-corrected chi connectivity index (χ2v) is 4.56. The summed E-state index contributed by atoms with van der Waals surface area (Å²) in [5.74, 6) is 0. The van der Waals surface area contributed by atoms with Gasteiger partial charge in [-0.2, -0.15) is 0 Å². The largest absolute Gasteiger partial charge is 0.395 e. The zero-order valence-corrected chi connectivity index (χ0v) is 9.69. The molecule has 0 aromatic carbocycles. The van der Waals surface area contributed by atoms with E-state index in [4.69, 9.17) is 5.11 Å². The molecule has 2 rings (SSSR count). The first-order valence-electron chi connectivity index (χ1n) is 6.19. The van der Waals surface area contributed by atoms with Crippen LogP contribution in [0.15, 0.2) is 0 Å². The summed E-state index contributed by atoms with van der Waals surface area (Å²) in [6, 6.07) is 0.690. The molecular weight excluding hydrogens is 206 g/mol. The number of urea groups is 1. The van der Waals surface area contributed by atoms with Gasteiger partial charge in [0.05, 0.1) is 6.61 Å². The summed E-state index contributed by atoms with van der Waals surface area (Å²) in [6.45, 7) is 4.20. The Morgan fingerprint density at radius 1 is 1.44 bits per heavy atom. The Morgan fingerprint density at radius 3 is 2.75 bits per heavy atom. The number of carbonyl (C=O) groups excluding carboxylic acids is 1. The maximum atomic E-state index is 11.3. The van der Waals surface area contributed by atoms with Gasteiger partial charge in [-0.15, -0.1) is 0 Å². The van der Waals surface area contributed by atoms with Gasteiger partial charge in [0.1, 0.15) is 0 Å². The Labute approximate surface area is 96.4 Å². The van der Waals surface area contributed by atoms with E-state index >= 15 is 0 Å². The molecule has 0 unspecified atom stereocenters. The Hall–Kier alpha value is -0.810. The molecule has 1 heterocycles. The predicted octanol–water partition coefficient (Wildman–Crippen LogP) is -0.142. The number of rotatable bonds is 6. The zero-order chi connectivity index (χ0) is 11.4. The molecule has 0 aromatic heterocycles. The van der Waals surface area contributed by atoms with E-state index in [2.05, 4.69) is 10.2 Å². The van der Waals surface area contributed by atoms with Gasteiger partial charge in [0, 0.05) is 38.8 Å². The van der Waals surface area contributed by atoms with Gasteiger partial charge < -0.3 is 15.3 Å². The van der Waals surface area contributed by atoms with E-state index in [1.165, 1.54) is 19.3 Å². The lowest BCUT2D eigenvalue weighted by molar-refractivity contribution is 0.0940. The van der Waals surface area contributed by atoms with Crippen molar-refractivity contribution in [2.24, 2.45) is 0 Å². The molecule has 0 spiro atoms. The van der Waals surface area contributed by atoms with Crippen molar-refractivity contribution in [2.45, 2.75) is 25.3 Å². The Kier molecular flexibility index (Phi) is 4.01. The molecule has 0 radical (unpaired) electrons. The molecule has 16 heavy (non-hydrogen) atoms. The summed E-state index contributed by atoms with van der Waals surface area (Å²) in [5.41, 5.74) is 0. The SMILES string of the molecule is O=C1NCCN1CCN(CCO)C1CCC1. The summed E-state index contributed by atoms with van der Waals surface area (Å²) >= 11 is 0. The van der Waals surface area contributed by atoms with Gasteiger partial charge in [0.25, 0.3) is 0 Å². The highest BCUT2D eigenvalue weighted by Crippen LogP contribution is 2.24. The van der Waals surface area contributed by atoms with Gasteiger partial charge in [0.15, 0.2) is 0 Å². The molecule has 92 valence electrons. The molecule has 5 heteroatoms. The lowest BCUT2D eigenvalue weighted by atomic mass is 9.91. The summed E-state index contributed by atoms with van der Waals surface area (Å²) in [5, 5.41) is 11.8. The van der Waals surface area contributed by atoms with E-state index in [1.54, 1.807) is 0 Å². The van der Waals surface area contributed by atoms with E-state index in [9.17, 15) is 4.79 Å². The normalized spacial score (nSPS) is 21.4. The van der Waals surface area contributed by atoms with Crippen molar-refractivity contribution in [3.05, 3.63) is 0 Å². The van der Waals surface area contributed by atoms with Crippen LogP contribution < -0.4 is 5.32 Å². The molecule has 2 amide bonds. The lowest BCUT2D eigenvalue weighted by Crippen LogP contribution is -2.46. The lowest BCUT2D eigenvalue weighted by Gasteiger charge is -2.37. The van der Waals surface area contributed by atoms with Gasteiger partial charge >= 0.3 is 6.03 Å². The van der Waals surface area contributed by atoms with Crippen LogP contribution in [-0.4, -0.2) is 66.3 Å². The summed E-state index contributed by atoms with van der Waals surface area (Å²) < 4.78 is 0. The smallest absolute Gasteiger partial charge is 0.317 e. The first kappa shape index (κ1) is 11.7. The third-order valence-corrected chi connectivity index (χ3v) is 3.58. The first-order chi connectivity index (χ1) is 7.81. The average Bonchev–Trinajstić information content (AvgIpc) is 2.58. The molecule has 0 bridgehead atoms. The van der Waals surface area contributed by atoms with Gasteiger partial charge in [-0.25, -0.2) is 4.79 Å². The molecule has 1 aliphatic carbocycles. The number of aliphatic hydroxyl groups is 1. The van der Waals surface area contributed by atoms with Crippen LogP contribution in [0.2, 0.25) is 0 Å².